The molecule has 0 amide bonds. The Balaban J connectivity index is 1.83. The molecule has 0 bridgehead atoms. The van der Waals surface area contributed by atoms with Gasteiger partial charge in [-0.1, -0.05) is 19.3 Å². The zero-order valence-electron chi connectivity index (χ0n) is 10.6. The minimum absolute atomic E-state index is 0.412. The van der Waals surface area contributed by atoms with Crippen molar-refractivity contribution in [1.82, 2.24) is 5.32 Å². The van der Waals surface area contributed by atoms with Gasteiger partial charge in [0.05, 0.1) is 0 Å². The maximum atomic E-state index is 11.2. The Hall–Kier alpha value is 0.110. The molecule has 0 saturated heterocycles. The van der Waals surface area contributed by atoms with Crippen molar-refractivity contribution in [2.45, 2.75) is 64.0 Å². The number of rotatable bonds is 4. The zero-order valence-corrected chi connectivity index (χ0v) is 11.4. The summed E-state index contributed by atoms with van der Waals surface area (Å²) >= 11 is 0. The standard InChI is InChI=1S/C13H25NOS/c1-11(10-16(2)15)14-12-6-9-13(12)7-4-3-5-8-13/h11-12,14H,3-10H2,1-2H3. The zero-order chi connectivity index (χ0) is 11.6. The molecule has 0 radical (unpaired) electrons. The summed E-state index contributed by atoms with van der Waals surface area (Å²) < 4.78 is 11.2. The predicted octanol–water partition coefficient (Wildman–Crippen LogP) is 2.46. The summed E-state index contributed by atoms with van der Waals surface area (Å²) in [6.45, 7) is 2.18. The highest BCUT2D eigenvalue weighted by molar-refractivity contribution is 7.84. The van der Waals surface area contributed by atoms with Crippen LogP contribution in [0.2, 0.25) is 0 Å². The summed E-state index contributed by atoms with van der Waals surface area (Å²) in [7, 11) is -0.669. The maximum absolute atomic E-state index is 11.2. The van der Waals surface area contributed by atoms with Gasteiger partial charge in [0.25, 0.3) is 0 Å². The van der Waals surface area contributed by atoms with E-state index in [1.165, 1.54) is 44.9 Å². The van der Waals surface area contributed by atoms with Gasteiger partial charge in [-0.25, -0.2) is 0 Å². The lowest BCUT2D eigenvalue weighted by molar-refractivity contribution is 0.0190. The third-order valence-electron chi connectivity index (χ3n) is 4.49. The van der Waals surface area contributed by atoms with Crippen LogP contribution in [0, 0.1) is 5.41 Å². The molecule has 2 nitrogen and oxygen atoms in total. The summed E-state index contributed by atoms with van der Waals surface area (Å²) in [5.41, 5.74) is 0.627. The van der Waals surface area contributed by atoms with Crippen LogP contribution in [0.25, 0.3) is 0 Å². The molecule has 0 aliphatic heterocycles. The second kappa shape index (κ2) is 5.18. The van der Waals surface area contributed by atoms with Crippen LogP contribution in [0.1, 0.15) is 51.9 Å². The number of hydrogen-bond donors (Lipinski definition) is 1. The van der Waals surface area contributed by atoms with E-state index in [9.17, 15) is 4.21 Å². The Morgan fingerprint density at radius 2 is 2.00 bits per heavy atom. The van der Waals surface area contributed by atoms with Gasteiger partial charge in [-0.2, -0.15) is 0 Å². The van der Waals surface area contributed by atoms with Gasteiger partial charge < -0.3 is 5.32 Å². The van der Waals surface area contributed by atoms with Crippen LogP contribution in [0.4, 0.5) is 0 Å². The third-order valence-corrected chi connectivity index (χ3v) is 5.46. The average Bonchev–Trinajstić information content (AvgIpc) is 2.25. The van der Waals surface area contributed by atoms with Gasteiger partial charge in [-0.15, -0.1) is 0 Å². The van der Waals surface area contributed by atoms with Gasteiger partial charge in [0.1, 0.15) is 0 Å². The highest BCUT2D eigenvalue weighted by Crippen LogP contribution is 2.51. The Labute approximate surface area is 102 Å². The molecule has 2 saturated carbocycles. The molecule has 3 atom stereocenters. The van der Waals surface area contributed by atoms with Crippen molar-refractivity contribution >= 4 is 10.8 Å². The summed E-state index contributed by atoms with van der Waals surface area (Å²) in [6, 6.07) is 1.13. The molecule has 1 N–H and O–H groups in total. The molecule has 0 aromatic rings. The topological polar surface area (TPSA) is 29.1 Å². The first-order chi connectivity index (χ1) is 7.62. The molecule has 16 heavy (non-hydrogen) atoms. The molecule has 0 aromatic heterocycles. The van der Waals surface area contributed by atoms with E-state index < -0.39 is 10.8 Å². The Bertz CT molecular complexity index is 261. The summed E-state index contributed by atoms with van der Waals surface area (Å²) in [5, 5.41) is 3.72. The molecule has 0 heterocycles. The first kappa shape index (κ1) is 12.6. The number of nitrogens with one attached hydrogen (secondary N) is 1. The Morgan fingerprint density at radius 3 is 2.50 bits per heavy atom. The maximum Gasteiger partial charge on any atom is 0.0383 e. The average molecular weight is 243 g/mol. The molecule has 2 rings (SSSR count). The summed E-state index contributed by atoms with van der Waals surface area (Å²) in [6.07, 6.45) is 11.7. The SMILES string of the molecule is CC(CS(C)=O)NC1CCC12CCCCC2. The quantitative estimate of drug-likeness (QED) is 0.822. The van der Waals surface area contributed by atoms with Crippen molar-refractivity contribution < 1.29 is 4.21 Å². The highest BCUT2D eigenvalue weighted by atomic mass is 32.2. The van der Waals surface area contributed by atoms with Crippen LogP contribution in [0.5, 0.6) is 0 Å². The van der Waals surface area contributed by atoms with Crippen molar-refractivity contribution in [1.29, 1.82) is 0 Å². The van der Waals surface area contributed by atoms with Gasteiger partial charge >= 0.3 is 0 Å². The Morgan fingerprint density at radius 1 is 1.31 bits per heavy atom. The van der Waals surface area contributed by atoms with Crippen LogP contribution in [0.3, 0.4) is 0 Å². The smallest absolute Gasteiger partial charge is 0.0383 e. The van der Waals surface area contributed by atoms with Crippen molar-refractivity contribution in [2.24, 2.45) is 5.41 Å². The second-order valence-corrected chi connectivity index (χ2v) is 7.30. The molecule has 2 aliphatic carbocycles. The highest BCUT2D eigenvalue weighted by Gasteiger charge is 2.46. The molecule has 94 valence electrons. The van der Waals surface area contributed by atoms with E-state index in [1.54, 1.807) is 6.26 Å². The van der Waals surface area contributed by atoms with E-state index in [0.29, 0.717) is 17.5 Å². The van der Waals surface area contributed by atoms with Crippen LogP contribution >= 0.6 is 0 Å². The lowest BCUT2D eigenvalue weighted by atomic mass is 9.57. The van der Waals surface area contributed by atoms with Crippen LogP contribution in [-0.2, 0) is 10.8 Å². The van der Waals surface area contributed by atoms with E-state index in [1.807, 2.05) is 0 Å². The third kappa shape index (κ3) is 2.67. The van der Waals surface area contributed by atoms with Crippen molar-refractivity contribution in [2.75, 3.05) is 12.0 Å². The minimum Gasteiger partial charge on any atom is -0.310 e. The fourth-order valence-electron chi connectivity index (χ4n) is 3.56. The van der Waals surface area contributed by atoms with Crippen LogP contribution in [0.15, 0.2) is 0 Å². The van der Waals surface area contributed by atoms with E-state index >= 15 is 0 Å². The molecule has 0 aromatic carbocycles. The van der Waals surface area contributed by atoms with E-state index in [4.69, 9.17) is 0 Å². The molecule has 3 unspecified atom stereocenters. The van der Waals surface area contributed by atoms with E-state index in [0.717, 1.165) is 5.75 Å². The fourth-order valence-corrected chi connectivity index (χ4v) is 4.36. The lowest BCUT2D eigenvalue weighted by Crippen LogP contribution is -2.57. The predicted molar refractivity (Wildman–Crippen MR) is 70.1 cm³/mol. The molecular formula is C13H25NOS. The molecule has 3 heteroatoms. The van der Waals surface area contributed by atoms with Crippen molar-refractivity contribution in [3.05, 3.63) is 0 Å². The van der Waals surface area contributed by atoms with Gasteiger partial charge in [0, 0.05) is 34.9 Å². The van der Waals surface area contributed by atoms with E-state index in [-0.39, 0.29) is 0 Å². The normalized spacial score (nSPS) is 32.0. The first-order valence-electron chi connectivity index (χ1n) is 6.68. The minimum atomic E-state index is -0.669. The van der Waals surface area contributed by atoms with Gasteiger partial charge in [-0.05, 0) is 38.0 Å². The fraction of sp³-hybridized carbons (Fsp3) is 1.00. The Kier molecular flexibility index (Phi) is 4.06. The van der Waals surface area contributed by atoms with Gasteiger partial charge in [0.15, 0.2) is 0 Å². The summed E-state index contributed by atoms with van der Waals surface area (Å²) in [5.74, 6) is 0.798. The van der Waals surface area contributed by atoms with Gasteiger partial charge in [-0.3, -0.25) is 4.21 Å². The molecule has 2 aliphatic rings. The largest absolute Gasteiger partial charge is 0.310 e. The monoisotopic (exact) mass is 243 g/mol. The van der Waals surface area contributed by atoms with Crippen LogP contribution < -0.4 is 5.32 Å². The molecular weight excluding hydrogens is 218 g/mol. The molecule has 1 spiro atoms. The number of hydrogen-bond acceptors (Lipinski definition) is 2. The lowest BCUT2D eigenvalue weighted by Gasteiger charge is -2.53. The van der Waals surface area contributed by atoms with Gasteiger partial charge in [0.2, 0.25) is 0 Å². The molecule has 2 fully saturated rings. The second-order valence-electron chi connectivity index (χ2n) is 5.82. The van der Waals surface area contributed by atoms with E-state index in [2.05, 4.69) is 12.2 Å². The van der Waals surface area contributed by atoms with Crippen molar-refractivity contribution in [3.8, 4) is 0 Å². The first-order valence-corrected chi connectivity index (χ1v) is 8.41. The van der Waals surface area contributed by atoms with Crippen LogP contribution in [-0.4, -0.2) is 28.3 Å². The summed E-state index contributed by atoms with van der Waals surface area (Å²) in [4.78, 5) is 0. The van der Waals surface area contributed by atoms with Crippen molar-refractivity contribution in [3.63, 3.8) is 0 Å².